The van der Waals surface area contributed by atoms with E-state index in [1.165, 1.54) is 31.5 Å². The molecule has 0 bridgehead atoms. The maximum atomic E-state index is 12.8. The molecule has 1 saturated heterocycles. The first-order valence-corrected chi connectivity index (χ1v) is 8.71. The first kappa shape index (κ1) is 16.7. The molecule has 0 unspecified atom stereocenters. The lowest BCUT2D eigenvalue weighted by molar-refractivity contribution is 0.0954. The van der Waals surface area contributed by atoms with Gasteiger partial charge in [-0.2, -0.15) is 0 Å². The largest absolute Gasteiger partial charge is 0.299 e. The van der Waals surface area contributed by atoms with Gasteiger partial charge in [-0.15, -0.1) is 0 Å². The van der Waals surface area contributed by atoms with Crippen molar-refractivity contribution in [3.05, 3.63) is 65.3 Å². The van der Waals surface area contributed by atoms with Crippen LogP contribution >= 0.6 is 0 Å². The van der Waals surface area contributed by atoms with Gasteiger partial charge >= 0.3 is 0 Å². The highest BCUT2D eigenvalue weighted by Crippen LogP contribution is 2.13. The Balaban J connectivity index is 1.80. The SMILES string of the molecule is CC(C)N=c1ccccn1C(=O)c1ccc(CN2CCCC2)cc1. The van der Waals surface area contributed by atoms with Crippen LogP contribution in [0.25, 0.3) is 0 Å². The molecule has 3 rings (SSSR count). The summed E-state index contributed by atoms with van der Waals surface area (Å²) in [5, 5.41) is 0. The van der Waals surface area contributed by atoms with Crippen LogP contribution in [0.3, 0.4) is 0 Å². The first-order chi connectivity index (χ1) is 11.6. The van der Waals surface area contributed by atoms with Gasteiger partial charge in [-0.05, 0) is 69.6 Å². The predicted octanol–water partition coefficient (Wildman–Crippen LogP) is 3.08. The topological polar surface area (TPSA) is 37.6 Å². The quantitative estimate of drug-likeness (QED) is 0.867. The summed E-state index contributed by atoms with van der Waals surface area (Å²) in [4.78, 5) is 19.8. The number of nitrogens with zero attached hydrogens (tertiary/aromatic N) is 3. The summed E-state index contributed by atoms with van der Waals surface area (Å²) in [7, 11) is 0. The van der Waals surface area contributed by atoms with E-state index in [-0.39, 0.29) is 11.9 Å². The number of hydrogen-bond donors (Lipinski definition) is 0. The monoisotopic (exact) mass is 323 g/mol. The van der Waals surface area contributed by atoms with Crippen molar-refractivity contribution >= 4 is 5.91 Å². The van der Waals surface area contributed by atoms with E-state index in [4.69, 9.17) is 0 Å². The Morgan fingerprint density at radius 2 is 1.79 bits per heavy atom. The highest BCUT2D eigenvalue weighted by Gasteiger charge is 2.13. The van der Waals surface area contributed by atoms with Gasteiger partial charge in [0.15, 0.2) is 0 Å². The molecule has 0 aliphatic carbocycles. The third kappa shape index (κ3) is 4.01. The molecule has 0 radical (unpaired) electrons. The Labute approximate surface area is 143 Å². The Hall–Kier alpha value is -2.20. The van der Waals surface area contributed by atoms with E-state index >= 15 is 0 Å². The van der Waals surface area contributed by atoms with Gasteiger partial charge < -0.3 is 0 Å². The smallest absolute Gasteiger partial charge is 0.263 e. The highest BCUT2D eigenvalue weighted by molar-refractivity contribution is 5.95. The molecule has 2 heterocycles. The van der Waals surface area contributed by atoms with E-state index < -0.39 is 0 Å². The molecule has 24 heavy (non-hydrogen) atoms. The van der Waals surface area contributed by atoms with E-state index in [9.17, 15) is 4.79 Å². The third-order valence-electron chi connectivity index (χ3n) is 4.25. The molecule has 4 heteroatoms. The van der Waals surface area contributed by atoms with E-state index in [1.807, 2.05) is 44.2 Å². The Morgan fingerprint density at radius 3 is 2.46 bits per heavy atom. The van der Waals surface area contributed by atoms with Crippen molar-refractivity contribution < 1.29 is 4.79 Å². The minimum atomic E-state index is -0.0391. The van der Waals surface area contributed by atoms with Crippen LogP contribution in [0.1, 0.15) is 42.6 Å². The summed E-state index contributed by atoms with van der Waals surface area (Å²) in [6, 6.07) is 13.8. The minimum Gasteiger partial charge on any atom is -0.299 e. The fraction of sp³-hybridized carbons (Fsp3) is 0.400. The molecule has 1 aliphatic rings. The van der Waals surface area contributed by atoms with Crippen molar-refractivity contribution in [3.8, 4) is 0 Å². The molecule has 2 aromatic rings. The molecule has 0 amide bonds. The second kappa shape index (κ2) is 7.58. The number of benzene rings is 1. The van der Waals surface area contributed by atoms with Crippen LogP contribution in [0.4, 0.5) is 0 Å². The van der Waals surface area contributed by atoms with Gasteiger partial charge in [0, 0.05) is 24.3 Å². The number of likely N-dealkylation sites (tertiary alicyclic amines) is 1. The van der Waals surface area contributed by atoms with Crippen LogP contribution < -0.4 is 5.49 Å². The van der Waals surface area contributed by atoms with Crippen molar-refractivity contribution in [2.24, 2.45) is 4.99 Å². The highest BCUT2D eigenvalue weighted by atomic mass is 16.2. The van der Waals surface area contributed by atoms with E-state index in [2.05, 4.69) is 22.0 Å². The van der Waals surface area contributed by atoms with Crippen molar-refractivity contribution in [1.29, 1.82) is 0 Å². The summed E-state index contributed by atoms with van der Waals surface area (Å²) in [5.74, 6) is -0.0391. The molecule has 126 valence electrons. The molecule has 1 fully saturated rings. The number of hydrogen-bond acceptors (Lipinski definition) is 3. The number of rotatable bonds is 4. The molecule has 0 saturated carbocycles. The molecule has 0 N–H and O–H groups in total. The van der Waals surface area contributed by atoms with Crippen LogP contribution in [0.2, 0.25) is 0 Å². The minimum absolute atomic E-state index is 0.0391. The van der Waals surface area contributed by atoms with Crippen LogP contribution in [0, 0.1) is 0 Å². The maximum absolute atomic E-state index is 12.8. The normalized spacial score (nSPS) is 16.0. The summed E-state index contributed by atoms with van der Waals surface area (Å²) in [6.45, 7) is 7.35. The number of carbonyl (C=O) groups is 1. The van der Waals surface area contributed by atoms with Crippen molar-refractivity contribution in [2.45, 2.75) is 39.3 Å². The fourth-order valence-corrected chi connectivity index (χ4v) is 3.07. The molecule has 4 nitrogen and oxygen atoms in total. The van der Waals surface area contributed by atoms with Gasteiger partial charge in [-0.25, -0.2) is 0 Å². The van der Waals surface area contributed by atoms with Crippen LogP contribution in [-0.2, 0) is 6.54 Å². The van der Waals surface area contributed by atoms with Crippen LogP contribution in [0.15, 0.2) is 53.7 Å². The summed E-state index contributed by atoms with van der Waals surface area (Å²) in [6.07, 6.45) is 4.37. The van der Waals surface area contributed by atoms with Gasteiger partial charge in [0.25, 0.3) is 5.91 Å². The van der Waals surface area contributed by atoms with Crippen molar-refractivity contribution in [2.75, 3.05) is 13.1 Å². The second-order valence-corrected chi connectivity index (χ2v) is 6.64. The zero-order chi connectivity index (χ0) is 16.9. The Bertz CT molecular complexity index is 753. The molecule has 0 spiro atoms. The molecular formula is C20H25N3O. The van der Waals surface area contributed by atoms with Gasteiger partial charge in [-0.1, -0.05) is 18.2 Å². The number of aromatic nitrogens is 1. The lowest BCUT2D eigenvalue weighted by Gasteiger charge is -2.14. The molecule has 1 aliphatic heterocycles. The van der Waals surface area contributed by atoms with Gasteiger partial charge in [-0.3, -0.25) is 19.3 Å². The lowest BCUT2D eigenvalue weighted by atomic mass is 10.1. The summed E-state index contributed by atoms with van der Waals surface area (Å²) >= 11 is 0. The predicted molar refractivity (Wildman–Crippen MR) is 95.8 cm³/mol. The molecule has 1 aromatic heterocycles. The van der Waals surface area contributed by atoms with Crippen molar-refractivity contribution in [1.82, 2.24) is 9.47 Å². The van der Waals surface area contributed by atoms with E-state index in [0.29, 0.717) is 11.1 Å². The third-order valence-corrected chi connectivity index (χ3v) is 4.25. The average molecular weight is 323 g/mol. The van der Waals surface area contributed by atoms with E-state index in [1.54, 1.807) is 10.8 Å². The summed E-state index contributed by atoms with van der Waals surface area (Å²) < 4.78 is 1.62. The zero-order valence-corrected chi connectivity index (χ0v) is 14.5. The average Bonchev–Trinajstić information content (AvgIpc) is 3.08. The van der Waals surface area contributed by atoms with Crippen molar-refractivity contribution in [3.63, 3.8) is 0 Å². The molecular weight excluding hydrogens is 298 g/mol. The van der Waals surface area contributed by atoms with Gasteiger partial charge in [0.1, 0.15) is 5.49 Å². The molecule has 1 aromatic carbocycles. The second-order valence-electron chi connectivity index (χ2n) is 6.64. The Kier molecular flexibility index (Phi) is 5.26. The van der Waals surface area contributed by atoms with E-state index in [0.717, 1.165) is 6.54 Å². The standard InChI is InChI=1S/C20H25N3O/c1-16(2)21-19-7-3-4-14-23(19)20(24)18-10-8-17(9-11-18)15-22-12-5-6-13-22/h3-4,7-11,14,16H,5-6,12-13,15H2,1-2H3. The van der Waals surface area contributed by atoms with Crippen LogP contribution in [-0.4, -0.2) is 34.5 Å². The van der Waals surface area contributed by atoms with Crippen LogP contribution in [0.5, 0.6) is 0 Å². The lowest BCUT2D eigenvalue weighted by Crippen LogP contribution is -2.28. The number of carbonyl (C=O) groups excluding carboxylic acids is 1. The fourth-order valence-electron chi connectivity index (χ4n) is 3.07. The zero-order valence-electron chi connectivity index (χ0n) is 14.5. The van der Waals surface area contributed by atoms with Gasteiger partial charge in [0.05, 0.1) is 0 Å². The first-order valence-electron chi connectivity index (χ1n) is 8.71. The summed E-state index contributed by atoms with van der Waals surface area (Å²) in [5.41, 5.74) is 2.65. The van der Waals surface area contributed by atoms with Gasteiger partial charge in [0.2, 0.25) is 0 Å². The maximum Gasteiger partial charge on any atom is 0.263 e. The Morgan fingerprint density at radius 1 is 1.08 bits per heavy atom. The number of pyridine rings is 1. The molecule has 0 atom stereocenters.